The van der Waals surface area contributed by atoms with Crippen LogP contribution >= 0.6 is 11.8 Å². The first kappa shape index (κ1) is 14.0. The van der Waals surface area contributed by atoms with Crippen molar-refractivity contribution in [1.82, 2.24) is 5.32 Å². The molecule has 2 heterocycles. The molecule has 2 aliphatic heterocycles. The summed E-state index contributed by atoms with van der Waals surface area (Å²) in [6.07, 6.45) is -2.57. The van der Waals surface area contributed by atoms with E-state index < -0.39 is 24.4 Å². The van der Waals surface area contributed by atoms with Crippen LogP contribution in [0.2, 0.25) is 0 Å². The van der Waals surface area contributed by atoms with Gasteiger partial charge in [0.15, 0.2) is 5.17 Å². The van der Waals surface area contributed by atoms with E-state index in [1.54, 1.807) is 7.05 Å². The van der Waals surface area contributed by atoms with Crippen LogP contribution in [0.4, 0.5) is 0 Å². The van der Waals surface area contributed by atoms with Crippen LogP contribution in [0.5, 0.6) is 0 Å². The molecule has 0 amide bonds. The van der Waals surface area contributed by atoms with Gasteiger partial charge in [-0.3, -0.25) is 9.83 Å². The van der Waals surface area contributed by atoms with Crippen LogP contribution in [0, 0.1) is 0 Å². The van der Waals surface area contributed by atoms with Gasteiger partial charge < -0.3 is 20.3 Å². The quantitative estimate of drug-likeness (QED) is 0.479. The number of ether oxygens (including phenoxy) is 1. The Morgan fingerprint density at radius 3 is 2.94 bits per heavy atom. The summed E-state index contributed by atoms with van der Waals surface area (Å²) < 4.78 is 5.72. The van der Waals surface area contributed by atoms with Crippen LogP contribution in [-0.2, 0) is 9.57 Å². The molecular formula is C10H19N3O4S. The maximum Gasteiger partial charge on any atom is 0.159 e. The number of aliphatic hydroxyl groups is 2. The molecule has 2 rings (SSSR count). The molecule has 104 valence electrons. The number of nitrogens with two attached hydrogens (primary N) is 1. The van der Waals surface area contributed by atoms with Gasteiger partial charge in [0.1, 0.15) is 23.7 Å². The van der Waals surface area contributed by atoms with E-state index in [1.807, 2.05) is 6.92 Å². The fourth-order valence-corrected chi connectivity index (χ4v) is 3.33. The van der Waals surface area contributed by atoms with Gasteiger partial charge >= 0.3 is 0 Å². The SMILES string of the molecule is CC[C@@H](O)[C@H]1O[C@@H]2SC(=NC)N[C@@H]2[C@@H](ON)[C@@H]1O. The summed E-state index contributed by atoms with van der Waals surface area (Å²) in [5.41, 5.74) is -0.271. The number of rotatable bonds is 3. The van der Waals surface area contributed by atoms with E-state index in [0.717, 1.165) is 0 Å². The molecule has 7 nitrogen and oxygen atoms in total. The van der Waals surface area contributed by atoms with Gasteiger partial charge in [0, 0.05) is 7.05 Å². The van der Waals surface area contributed by atoms with Gasteiger partial charge in [0.05, 0.1) is 12.1 Å². The zero-order chi connectivity index (χ0) is 13.3. The first-order chi connectivity index (χ1) is 8.62. The van der Waals surface area contributed by atoms with Crippen molar-refractivity contribution in [3.8, 4) is 0 Å². The first-order valence-corrected chi connectivity index (χ1v) is 6.77. The Morgan fingerprint density at radius 2 is 2.39 bits per heavy atom. The van der Waals surface area contributed by atoms with Crippen molar-refractivity contribution < 1.29 is 19.8 Å². The highest BCUT2D eigenvalue weighted by molar-refractivity contribution is 8.14. The summed E-state index contributed by atoms with van der Waals surface area (Å²) in [6, 6.07) is -0.269. The average Bonchev–Trinajstić information content (AvgIpc) is 2.80. The van der Waals surface area contributed by atoms with E-state index in [9.17, 15) is 10.2 Å². The summed E-state index contributed by atoms with van der Waals surface area (Å²) in [5.74, 6) is 5.25. The fourth-order valence-electron chi connectivity index (χ4n) is 2.25. The van der Waals surface area contributed by atoms with Gasteiger partial charge in [-0.2, -0.15) is 0 Å². The zero-order valence-corrected chi connectivity index (χ0v) is 11.1. The van der Waals surface area contributed by atoms with Crippen LogP contribution in [0.3, 0.4) is 0 Å². The van der Waals surface area contributed by atoms with Crippen molar-refractivity contribution in [1.29, 1.82) is 0 Å². The third-order valence-electron chi connectivity index (χ3n) is 3.29. The Kier molecular flexibility index (Phi) is 4.46. The predicted molar refractivity (Wildman–Crippen MR) is 67.9 cm³/mol. The molecule has 0 aromatic heterocycles. The summed E-state index contributed by atoms with van der Waals surface area (Å²) in [6.45, 7) is 1.82. The average molecular weight is 277 g/mol. The van der Waals surface area contributed by atoms with Crippen molar-refractivity contribution in [2.75, 3.05) is 7.05 Å². The van der Waals surface area contributed by atoms with Crippen molar-refractivity contribution in [2.24, 2.45) is 10.9 Å². The number of aliphatic imine (C=N–C) groups is 1. The molecule has 18 heavy (non-hydrogen) atoms. The van der Waals surface area contributed by atoms with Crippen LogP contribution in [0.15, 0.2) is 4.99 Å². The Bertz CT molecular complexity index is 330. The minimum absolute atomic E-state index is 0.269. The second-order valence-corrected chi connectivity index (χ2v) is 5.44. The topological polar surface area (TPSA) is 109 Å². The van der Waals surface area contributed by atoms with Crippen molar-refractivity contribution >= 4 is 16.9 Å². The maximum absolute atomic E-state index is 10.2. The standard InChI is InChI=1S/C10H19N3O4S/c1-3-4(14)7-6(15)8(17-11)5-9(16-7)18-10(12-2)13-5/h4-9,14-15H,3,11H2,1-2H3,(H,12,13)/t4-,5-,6-,7-,8-,9-/m1/s1. The van der Waals surface area contributed by atoms with Gasteiger partial charge in [0.2, 0.25) is 0 Å². The Labute approximate surface area is 110 Å². The summed E-state index contributed by atoms with van der Waals surface area (Å²) in [5, 5.41) is 23.8. The normalized spacial score (nSPS) is 43.6. The van der Waals surface area contributed by atoms with Crippen LogP contribution in [0.1, 0.15) is 13.3 Å². The fraction of sp³-hybridized carbons (Fsp3) is 0.900. The van der Waals surface area contributed by atoms with Gasteiger partial charge in [-0.1, -0.05) is 18.7 Å². The van der Waals surface area contributed by atoms with Crippen LogP contribution in [0.25, 0.3) is 0 Å². The Balaban J connectivity index is 2.18. The lowest BCUT2D eigenvalue weighted by Gasteiger charge is -2.41. The highest BCUT2D eigenvalue weighted by Crippen LogP contribution is 2.35. The number of nitrogens with one attached hydrogen (secondary N) is 1. The predicted octanol–water partition coefficient (Wildman–Crippen LogP) is -1.21. The number of aliphatic hydroxyl groups excluding tert-OH is 2. The molecule has 2 fully saturated rings. The molecule has 0 aliphatic carbocycles. The molecule has 0 spiro atoms. The molecule has 0 aromatic rings. The number of fused-ring (bicyclic) bond motifs is 1. The summed E-state index contributed by atoms with van der Waals surface area (Å²) in [7, 11) is 1.67. The van der Waals surface area contributed by atoms with Crippen molar-refractivity contribution in [2.45, 2.75) is 49.2 Å². The van der Waals surface area contributed by atoms with Crippen LogP contribution in [-0.4, -0.2) is 58.3 Å². The maximum atomic E-state index is 10.2. The minimum Gasteiger partial charge on any atom is -0.390 e. The second-order valence-electron chi connectivity index (χ2n) is 4.35. The minimum atomic E-state index is -0.976. The first-order valence-electron chi connectivity index (χ1n) is 5.89. The molecule has 6 atom stereocenters. The van der Waals surface area contributed by atoms with Crippen molar-refractivity contribution in [3.05, 3.63) is 0 Å². The smallest absolute Gasteiger partial charge is 0.159 e. The van der Waals surface area contributed by atoms with Crippen LogP contribution < -0.4 is 11.2 Å². The molecule has 5 N–H and O–H groups in total. The molecule has 0 radical (unpaired) electrons. The van der Waals surface area contributed by atoms with Gasteiger partial charge in [-0.25, -0.2) is 5.90 Å². The van der Waals surface area contributed by atoms with Crippen molar-refractivity contribution in [3.63, 3.8) is 0 Å². The lowest BCUT2D eigenvalue weighted by molar-refractivity contribution is -0.202. The highest BCUT2D eigenvalue weighted by atomic mass is 32.2. The largest absolute Gasteiger partial charge is 0.390 e. The molecule has 0 bridgehead atoms. The second kappa shape index (κ2) is 5.72. The molecule has 0 unspecified atom stereocenters. The molecular weight excluding hydrogens is 258 g/mol. The number of hydrogen-bond donors (Lipinski definition) is 4. The molecule has 8 heteroatoms. The lowest BCUT2D eigenvalue weighted by atomic mass is 9.93. The number of nitrogens with zero attached hydrogens (tertiary/aromatic N) is 1. The van der Waals surface area contributed by atoms with Gasteiger partial charge in [-0.05, 0) is 6.42 Å². The van der Waals surface area contributed by atoms with E-state index in [-0.39, 0.29) is 11.5 Å². The molecule has 0 aromatic carbocycles. The Hall–Kier alpha value is -0.380. The molecule has 2 aliphatic rings. The molecule has 2 saturated heterocycles. The van der Waals surface area contributed by atoms with E-state index in [4.69, 9.17) is 15.5 Å². The zero-order valence-electron chi connectivity index (χ0n) is 10.3. The number of amidine groups is 1. The van der Waals surface area contributed by atoms with E-state index in [1.165, 1.54) is 11.8 Å². The number of thioether (sulfide) groups is 1. The third kappa shape index (κ3) is 2.36. The van der Waals surface area contributed by atoms with E-state index in [2.05, 4.69) is 10.3 Å². The monoisotopic (exact) mass is 277 g/mol. The third-order valence-corrected chi connectivity index (χ3v) is 4.45. The van der Waals surface area contributed by atoms with Gasteiger partial charge in [0.25, 0.3) is 0 Å². The highest BCUT2D eigenvalue weighted by Gasteiger charge is 2.51. The Morgan fingerprint density at radius 1 is 1.67 bits per heavy atom. The summed E-state index contributed by atoms with van der Waals surface area (Å²) in [4.78, 5) is 8.91. The van der Waals surface area contributed by atoms with E-state index >= 15 is 0 Å². The van der Waals surface area contributed by atoms with Gasteiger partial charge in [-0.15, -0.1) is 0 Å². The lowest BCUT2D eigenvalue weighted by Crippen LogP contribution is -2.62. The summed E-state index contributed by atoms with van der Waals surface area (Å²) >= 11 is 1.41. The van der Waals surface area contributed by atoms with E-state index in [0.29, 0.717) is 11.6 Å². The number of hydrogen-bond acceptors (Lipinski definition) is 7. The molecule has 0 saturated carbocycles.